The molecule has 1 heterocycles. The van der Waals surface area contributed by atoms with Crippen molar-refractivity contribution in [1.29, 1.82) is 5.41 Å². The van der Waals surface area contributed by atoms with Gasteiger partial charge in [-0.25, -0.2) is 0 Å². The predicted octanol–water partition coefficient (Wildman–Crippen LogP) is 3.66. The van der Waals surface area contributed by atoms with E-state index in [1.807, 2.05) is 23.1 Å². The molecule has 0 aromatic heterocycles. The summed E-state index contributed by atoms with van der Waals surface area (Å²) < 4.78 is 0. The van der Waals surface area contributed by atoms with E-state index in [0.29, 0.717) is 5.96 Å². The van der Waals surface area contributed by atoms with Gasteiger partial charge in [-0.15, -0.1) is 0 Å². The molecule has 0 amide bonds. The smallest absolute Gasteiger partial charge is 0.200 e. The summed E-state index contributed by atoms with van der Waals surface area (Å²) in [6, 6.07) is 16.6. The second kappa shape index (κ2) is 5.37. The topological polar surface area (TPSA) is 39.1 Å². The number of aryl methyl sites for hydroxylation is 1. The monoisotopic (exact) mass is 265 g/mol. The van der Waals surface area contributed by atoms with Crippen LogP contribution in [0.4, 0.5) is 11.4 Å². The Labute approximate surface area is 119 Å². The summed E-state index contributed by atoms with van der Waals surface area (Å²) in [4.78, 5) is 2.04. The molecule has 0 saturated heterocycles. The van der Waals surface area contributed by atoms with Gasteiger partial charge in [-0.05, 0) is 42.2 Å². The number of hydrogen-bond acceptors (Lipinski definition) is 1. The third-order valence-electron chi connectivity index (χ3n) is 3.76. The van der Waals surface area contributed by atoms with E-state index in [1.165, 1.54) is 11.1 Å². The van der Waals surface area contributed by atoms with Crippen LogP contribution in [0.15, 0.2) is 48.5 Å². The molecule has 2 N–H and O–H groups in total. The average Bonchev–Trinajstić information content (AvgIpc) is 2.91. The number of nitrogens with one attached hydrogen (secondary N) is 2. The first-order chi connectivity index (χ1) is 9.78. The van der Waals surface area contributed by atoms with E-state index < -0.39 is 0 Å². The molecule has 20 heavy (non-hydrogen) atoms. The first-order valence-electron chi connectivity index (χ1n) is 7.08. The van der Waals surface area contributed by atoms with Crippen LogP contribution in [0.3, 0.4) is 0 Å². The third-order valence-corrected chi connectivity index (χ3v) is 3.76. The SMILES string of the molecule is CCc1cccc(NC(=N)N2CCc3ccccc32)c1. The molecule has 0 radical (unpaired) electrons. The predicted molar refractivity (Wildman–Crippen MR) is 84.7 cm³/mol. The number of rotatable bonds is 2. The van der Waals surface area contributed by atoms with Crippen LogP contribution in [0, 0.1) is 5.41 Å². The Morgan fingerprint density at radius 3 is 2.90 bits per heavy atom. The van der Waals surface area contributed by atoms with Crippen molar-refractivity contribution < 1.29 is 0 Å². The molecular weight excluding hydrogens is 246 g/mol. The summed E-state index contributed by atoms with van der Waals surface area (Å²) in [6.07, 6.45) is 2.02. The quantitative estimate of drug-likeness (QED) is 0.642. The zero-order valence-electron chi connectivity index (χ0n) is 11.7. The lowest BCUT2D eigenvalue weighted by atomic mass is 10.1. The van der Waals surface area contributed by atoms with E-state index in [9.17, 15) is 0 Å². The highest BCUT2D eigenvalue weighted by Gasteiger charge is 2.21. The van der Waals surface area contributed by atoms with Crippen molar-refractivity contribution in [1.82, 2.24) is 0 Å². The summed E-state index contributed by atoms with van der Waals surface area (Å²) in [5.41, 5.74) is 4.74. The molecule has 3 nitrogen and oxygen atoms in total. The Balaban J connectivity index is 1.77. The zero-order chi connectivity index (χ0) is 13.9. The van der Waals surface area contributed by atoms with Gasteiger partial charge in [-0.3, -0.25) is 5.41 Å². The Bertz CT molecular complexity index is 634. The number of anilines is 2. The molecule has 2 aromatic rings. The first-order valence-corrected chi connectivity index (χ1v) is 7.08. The van der Waals surface area contributed by atoms with E-state index in [2.05, 4.69) is 42.6 Å². The van der Waals surface area contributed by atoms with Crippen LogP contribution in [0.5, 0.6) is 0 Å². The van der Waals surface area contributed by atoms with E-state index in [1.54, 1.807) is 0 Å². The molecule has 1 aliphatic rings. The van der Waals surface area contributed by atoms with Gasteiger partial charge in [0, 0.05) is 17.9 Å². The van der Waals surface area contributed by atoms with Gasteiger partial charge in [0.15, 0.2) is 5.96 Å². The minimum absolute atomic E-state index is 0.447. The van der Waals surface area contributed by atoms with Crippen LogP contribution < -0.4 is 10.2 Å². The van der Waals surface area contributed by atoms with E-state index in [4.69, 9.17) is 5.41 Å². The number of fused-ring (bicyclic) bond motifs is 1. The molecule has 3 rings (SSSR count). The highest BCUT2D eigenvalue weighted by atomic mass is 15.3. The molecule has 0 saturated carbocycles. The van der Waals surface area contributed by atoms with Crippen LogP contribution in [-0.4, -0.2) is 12.5 Å². The molecule has 0 spiro atoms. The molecular formula is C17H19N3. The third kappa shape index (κ3) is 2.39. The summed E-state index contributed by atoms with van der Waals surface area (Å²) >= 11 is 0. The maximum absolute atomic E-state index is 8.30. The first kappa shape index (κ1) is 12.7. The highest BCUT2D eigenvalue weighted by molar-refractivity contribution is 6.04. The molecule has 2 aromatic carbocycles. The van der Waals surface area contributed by atoms with E-state index >= 15 is 0 Å². The highest BCUT2D eigenvalue weighted by Crippen LogP contribution is 2.27. The van der Waals surface area contributed by atoms with Crippen LogP contribution in [0.25, 0.3) is 0 Å². The molecule has 3 heteroatoms. The maximum Gasteiger partial charge on any atom is 0.200 e. The van der Waals surface area contributed by atoms with Crippen molar-refractivity contribution in [2.75, 3.05) is 16.8 Å². The minimum Gasteiger partial charge on any atom is -0.326 e. The van der Waals surface area contributed by atoms with Crippen molar-refractivity contribution in [3.05, 3.63) is 59.7 Å². The molecule has 0 fully saturated rings. The molecule has 0 atom stereocenters. The van der Waals surface area contributed by atoms with Gasteiger partial charge in [0.25, 0.3) is 0 Å². The largest absolute Gasteiger partial charge is 0.326 e. The number of benzene rings is 2. The standard InChI is InChI=1S/C17H19N3/c1-2-13-6-5-8-15(12-13)19-17(18)20-11-10-14-7-3-4-9-16(14)20/h3-9,12H,2,10-11H2,1H3,(H2,18,19). The van der Waals surface area contributed by atoms with Gasteiger partial charge in [0.2, 0.25) is 0 Å². The lowest BCUT2D eigenvalue weighted by Gasteiger charge is -2.21. The fourth-order valence-electron chi connectivity index (χ4n) is 2.64. The zero-order valence-corrected chi connectivity index (χ0v) is 11.7. The molecule has 0 unspecified atom stereocenters. The van der Waals surface area contributed by atoms with Gasteiger partial charge in [0.05, 0.1) is 0 Å². The van der Waals surface area contributed by atoms with Crippen LogP contribution >= 0.6 is 0 Å². The van der Waals surface area contributed by atoms with Gasteiger partial charge in [-0.1, -0.05) is 37.3 Å². The van der Waals surface area contributed by atoms with Crippen molar-refractivity contribution in [3.63, 3.8) is 0 Å². The van der Waals surface area contributed by atoms with E-state index in [-0.39, 0.29) is 0 Å². The fourth-order valence-corrected chi connectivity index (χ4v) is 2.64. The minimum atomic E-state index is 0.447. The number of guanidine groups is 1. The number of hydrogen-bond donors (Lipinski definition) is 2. The fraction of sp³-hybridized carbons (Fsp3) is 0.235. The molecule has 102 valence electrons. The summed E-state index contributed by atoms with van der Waals surface area (Å²) in [6.45, 7) is 3.01. The normalized spacial score (nSPS) is 13.2. The van der Waals surface area contributed by atoms with Crippen molar-refractivity contribution >= 4 is 17.3 Å². The van der Waals surface area contributed by atoms with Gasteiger partial charge in [-0.2, -0.15) is 0 Å². The molecule has 0 aliphatic carbocycles. The molecule has 1 aliphatic heterocycles. The maximum atomic E-state index is 8.30. The lowest BCUT2D eigenvalue weighted by Crippen LogP contribution is -2.34. The average molecular weight is 265 g/mol. The second-order valence-corrected chi connectivity index (χ2v) is 5.06. The summed E-state index contributed by atoms with van der Waals surface area (Å²) in [7, 11) is 0. The Morgan fingerprint density at radius 1 is 1.20 bits per heavy atom. The molecule has 0 bridgehead atoms. The van der Waals surface area contributed by atoms with Gasteiger partial charge in [0.1, 0.15) is 0 Å². The second-order valence-electron chi connectivity index (χ2n) is 5.06. The van der Waals surface area contributed by atoms with Crippen molar-refractivity contribution in [2.24, 2.45) is 0 Å². The Hall–Kier alpha value is -2.29. The Morgan fingerprint density at radius 2 is 2.05 bits per heavy atom. The van der Waals surface area contributed by atoms with Gasteiger partial charge >= 0.3 is 0 Å². The number of para-hydroxylation sites is 1. The van der Waals surface area contributed by atoms with Crippen molar-refractivity contribution in [2.45, 2.75) is 19.8 Å². The summed E-state index contributed by atoms with van der Waals surface area (Å²) in [5.74, 6) is 0.447. The lowest BCUT2D eigenvalue weighted by molar-refractivity contribution is 1.01. The van der Waals surface area contributed by atoms with Crippen molar-refractivity contribution in [3.8, 4) is 0 Å². The number of nitrogens with zero attached hydrogens (tertiary/aromatic N) is 1. The van der Waals surface area contributed by atoms with Crippen LogP contribution in [0.1, 0.15) is 18.1 Å². The van der Waals surface area contributed by atoms with Crippen LogP contribution in [-0.2, 0) is 12.8 Å². The van der Waals surface area contributed by atoms with Gasteiger partial charge < -0.3 is 10.2 Å². The van der Waals surface area contributed by atoms with E-state index in [0.717, 1.165) is 30.8 Å². The van der Waals surface area contributed by atoms with Crippen LogP contribution in [0.2, 0.25) is 0 Å². The summed E-state index contributed by atoms with van der Waals surface area (Å²) in [5, 5.41) is 11.5. The Kier molecular flexibility index (Phi) is 3.42.